The average Bonchev–Trinajstić information content (AvgIpc) is 2.93. The van der Waals surface area contributed by atoms with E-state index >= 15 is 0 Å². The van der Waals surface area contributed by atoms with Gasteiger partial charge in [0.25, 0.3) is 0 Å². The zero-order chi connectivity index (χ0) is 16.4. The molecule has 0 bridgehead atoms. The Bertz CT molecular complexity index is 615. The van der Waals surface area contributed by atoms with Crippen LogP contribution in [0.1, 0.15) is 38.5 Å². The quantitative estimate of drug-likeness (QED) is 0.887. The minimum absolute atomic E-state index is 0.0965. The number of nitrogens with one attached hydrogen (secondary N) is 1. The first-order chi connectivity index (χ1) is 11.0. The summed E-state index contributed by atoms with van der Waals surface area (Å²) >= 11 is 11.9. The highest BCUT2D eigenvalue weighted by Crippen LogP contribution is 2.30. The standard InChI is InChI=1S/C17H20Cl2N2O2/c18-12-6-7-15(14(19)9-12)20-17(23)11-8-16(22)21(10-11)13-4-2-1-3-5-13/h6-7,9,11,13H,1-5,8,10H2,(H,20,23)/t11-/m1/s1. The van der Waals surface area contributed by atoms with Crippen molar-refractivity contribution < 1.29 is 9.59 Å². The van der Waals surface area contributed by atoms with E-state index in [-0.39, 0.29) is 24.2 Å². The molecule has 0 unspecified atom stereocenters. The van der Waals surface area contributed by atoms with Crippen LogP contribution in [0.2, 0.25) is 10.0 Å². The smallest absolute Gasteiger partial charge is 0.229 e. The normalized spacial score (nSPS) is 22.4. The fraction of sp³-hybridized carbons (Fsp3) is 0.529. The van der Waals surface area contributed by atoms with Crippen molar-refractivity contribution in [1.82, 2.24) is 4.90 Å². The molecule has 0 radical (unpaired) electrons. The number of halogens is 2. The Morgan fingerprint density at radius 1 is 1.17 bits per heavy atom. The van der Waals surface area contributed by atoms with E-state index in [1.54, 1.807) is 18.2 Å². The molecule has 1 aliphatic carbocycles. The minimum atomic E-state index is -0.309. The van der Waals surface area contributed by atoms with Crippen LogP contribution in [0.4, 0.5) is 5.69 Å². The van der Waals surface area contributed by atoms with Gasteiger partial charge in [-0.25, -0.2) is 0 Å². The second-order valence-corrected chi connectivity index (χ2v) is 7.20. The van der Waals surface area contributed by atoms with Crippen molar-refractivity contribution >= 4 is 40.7 Å². The highest BCUT2D eigenvalue weighted by molar-refractivity contribution is 6.36. The fourth-order valence-electron chi connectivity index (χ4n) is 3.48. The molecule has 0 spiro atoms. The predicted octanol–water partition coefficient (Wildman–Crippen LogP) is 4.11. The molecule has 1 heterocycles. The molecule has 1 atom stereocenters. The van der Waals surface area contributed by atoms with E-state index in [0.717, 1.165) is 12.8 Å². The number of nitrogens with zero attached hydrogens (tertiary/aromatic N) is 1. The summed E-state index contributed by atoms with van der Waals surface area (Å²) in [5, 5.41) is 3.74. The van der Waals surface area contributed by atoms with Crippen molar-refractivity contribution in [3.63, 3.8) is 0 Å². The first kappa shape index (κ1) is 16.6. The third kappa shape index (κ3) is 3.81. The number of likely N-dealkylation sites (tertiary alicyclic amines) is 1. The average molecular weight is 355 g/mol. The van der Waals surface area contributed by atoms with Crippen LogP contribution in [0.15, 0.2) is 18.2 Å². The lowest BCUT2D eigenvalue weighted by Gasteiger charge is -2.31. The van der Waals surface area contributed by atoms with Gasteiger partial charge in [-0.1, -0.05) is 42.5 Å². The lowest BCUT2D eigenvalue weighted by Crippen LogP contribution is -2.38. The largest absolute Gasteiger partial charge is 0.339 e. The molecule has 124 valence electrons. The van der Waals surface area contributed by atoms with Gasteiger partial charge in [0.2, 0.25) is 11.8 Å². The summed E-state index contributed by atoms with van der Waals surface area (Å²) in [6.45, 7) is 0.514. The van der Waals surface area contributed by atoms with Crippen molar-refractivity contribution in [3.8, 4) is 0 Å². The molecule has 2 aliphatic rings. The Balaban J connectivity index is 1.63. The summed E-state index contributed by atoms with van der Waals surface area (Å²) in [5.74, 6) is -0.365. The van der Waals surface area contributed by atoms with E-state index in [1.165, 1.54) is 19.3 Å². The molecule has 3 rings (SSSR count). The zero-order valence-electron chi connectivity index (χ0n) is 12.9. The van der Waals surface area contributed by atoms with Crippen LogP contribution in [0.3, 0.4) is 0 Å². The second kappa shape index (κ2) is 7.10. The lowest BCUT2D eigenvalue weighted by molar-refractivity contribution is -0.130. The topological polar surface area (TPSA) is 49.4 Å². The van der Waals surface area contributed by atoms with Gasteiger partial charge in [0.05, 0.1) is 16.6 Å². The fourth-order valence-corrected chi connectivity index (χ4v) is 3.93. The molecule has 1 aromatic carbocycles. The monoisotopic (exact) mass is 354 g/mol. The van der Waals surface area contributed by atoms with Crippen LogP contribution in [-0.2, 0) is 9.59 Å². The van der Waals surface area contributed by atoms with E-state index < -0.39 is 0 Å². The maximum atomic E-state index is 12.4. The third-order valence-corrected chi connectivity index (χ3v) is 5.28. The highest BCUT2D eigenvalue weighted by Gasteiger charge is 2.38. The molecule has 6 heteroatoms. The van der Waals surface area contributed by atoms with Crippen molar-refractivity contribution in [2.45, 2.75) is 44.6 Å². The van der Waals surface area contributed by atoms with E-state index in [1.807, 2.05) is 4.90 Å². The summed E-state index contributed by atoms with van der Waals surface area (Å²) in [5.41, 5.74) is 0.532. The maximum Gasteiger partial charge on any atom is 0.229 e. The van der Waals surface area contributed by atoms with Crippen molar-refractivity contribution in [1.29, 1.82) is 0 Å². The van der Waals surface area contributed by atoms with Crippen LogP contribution < -0.4 is 5.32 Å². The summed E-state index contributed by atoms with van der Waals surface area (Å²) in [4.78, 5) is 26.6. The SMILES string of the molecule is O=C(Nc1ccc(Cl)cc1Cl)[C@@H]1CC(=O)N(C2CCCCC2)C1. The van der Waals surface area contributed by atoms with Crippen molar-refractivity contribution in [2.24, 2.45) is 5.92 Å². The Kier molecular flexibility index (Phi) is 5.12. The Morgan fingerprint density at radius 2 is 1.91 bits per heavy atom. The predicted molar refractivity (Wildman–Crippen MR) is 91.8 cm³/mol. The summed E-state index contributed by atoms with van der Waals surface area (Å²) < 4.78 is 0. The number of amides is 2. The molecular weight excluding hydrogens is 335 g/mol. The van der Waals surface area contributed by atoms with E-state index in [0.29, 0.717) is 28.3 Å². The van der Waals surface area contributed by atoms with Crippen LogP contribution in [0, 0.1) is 5.92 Å². The molecule has 2 fully saturated rings. The van der Waals surface area contributed by atoms with Gasteiger partial charge >= 0.3 is 0 Å². The van der Waals surface area contributed by atoms with Crippen LogP contribution >= 0.6 is 23.2 Å². The number of rotatable bonds is 3. The molecule has 4 nitrogen and oxygen atoms in total. The Hall–Kier alpha value is -1.26. The number of benzene rings is 1. The van der Waals surface area contributed by atoms with Gasteiger partial charge in [0, 0.05) is 24.0 Å². The lowest BCUT2D eigenvalue weighted by atomic mass is 9.94. The molecule has 23 heavy (non-hydrogen) atoms. The molecule has 0 aromatic heterocycles. The molecule has 1 N–H and O–H groups in total. The Morgan fingerprint density at radius 3 is 2.61 bits per heavy atom. The van der Waals surface area contributed by atoms with Gasteiger partial charge in [0.15, 0.2) is 0 Å². The van der Waals surface area contributed by atoms with Gasteiger partial charge in [-0.05, 0) is 31.0 Å². The molecule has 1 saturated carbocycles. The molecule has 1 aromatic rings. The maximum absolute atomic E-state index is 12.4. The van der Waals surface area contributed by atoms with E-state index in [4.69, 9.17) is 23.2 Å². The van der Waals surface area contributed by atoms with Gasteiger partial charge in [-0.2, -0.15) is 0 Å². The first-order valence-electron chi connectivity index (χ1n) is 8.10. The summed E-state index contributed by atoms with van der Waals surface area (Å²) in [6.07, 6.45) is 5.99. The first-order valence-corrected chi connectivity index (χ1v) is 8.85. The summed E-state index contributed by atoms with van der Waals surface area (Å²) in [6, 6.07) is 5.26. The number of carbonyl (C=O) groups is 2. The van der Waals surface area contributed by atoms with Crippen LogP contribution in [-0.4, -0.2) is 29.3 Å². The Labute approximate surface area is 146 Å². The zero-order valence-corrected chi connectivity index (χ0v) is 14.4. The number of hydrogen-bond acceptors (Lipinski definition) is 2. The van der Waals surface area contributed by atoms with Crippen molar-refractivity contribution in [3.05, 3.63) is 28.2 Å². The molecule has 1 saturated heterocycles. The minimum Gasteiger partial charge on any atom is -0.339 e. The number of carbonyl (C=O) groups excluding carboxylic acids is 2. The highest BCUT2D eigenvalue weighted by atomic mass is 35.5. The van der Waals surface area contributed by atoms with Crippen LogP contribution in [0.5, 0.6) is 0 Å². The van der Waals surface area contributed by atoms with Crippen LogP contribution in [0.25, 0.3) is 0 Å². The van der Waals surface area contributed by atoms with E-state index in [9.17, 15) is 9.59 Å². The van der Waals surface area contributed by atoms with Gasteiger partial charge in [0.1, 0.15) is 0 Å². The van der Waals surface area contributed by atoms with Gasteiger partial charge in [-0.15, -0.1) is 0 Å². The van der Waals surface area contributed by atoms with Gasteiger partial charge < -0.3 is 10.2 Å². The van der Waals surface area contributed by atoms with Crippen molar-refractivity contribution in [2.75, 3.05) is 11.9 Å². The molecule has 2 amide bonds. The molecular formula is C17H20Cl2N2O2. The number of hydrogen-bond donors (Lipinski definition) is 1. The second-order valence-electron chi connectivity index (χ2n) is 6.35. The molecule has 1 aliphatic heterocycles. The van der Waals surface area contributed by atoms with Gasteiger partial charge in [-0.3, -0.25) is 9.59 Å². The third-order valence-electron chi connectivity index (χ3n) is 4.73. The summed E-state index contributed by atoms with van der Waals surface area (Å²) in [7, 11) is 0. The number of anilines is 1. The van der Waals surface area contributed by atoms with E-state index in [2.05, 4.69) is 5.32 Å².